The van der Waals surface area contributed by atoms with Gasteiger partial charge in [-0.05, 0) is 42.6 Å². The molecule has 0 spiro atoms. The Morgan fingerprint density at radius 3 is 2.68 bits per heavy atom. The molecule has 2 aliphatic heterocycles. The largest absolute Gasteiger partial charge is 0.370 e. The molecule has 0 saturated carbocycles. The summed E-state index contributed by atoms with van der Waals surface area (Å²) in [5.74, 6) is -1.67. The minimum atomic E-state index is -0.894. The van der Waals surface area contributed by atoms with E-state index in [9.17, 15) is 13.6 Å². The van der Waals surface area contributed by atoms with E-state index in [1.165, 1.54) is 11.6 Å². The predicted molar refractivity (Wildman–Crippen MR) is 102 cm³/mol. The van der Waals surface area contributed by atoms with E-state index in [1.54, 1.807) is 0 Å². The van der Waals surface area contributed by atoms with Crippen LogP contribution >= 0.6 is 0 Å². The number of carbonyl (C=O) groups excluding carboxylic acids is 1. The molecule has 0 aliphatic carbocycles. The summed E-state index contributed by atoms with van der Waals surface area (Å²) in [6.45, 7) is 2.94. The van der Waals surface area contributed by atoms with Crippen molar-refractivity contribution in [1.29, 1.82) is 0 Å². The second-order valence-electron chi connectivity index (χ2n) is 7.43. The Balaban J connectivity index is 1.44. The number of ether oxygens (including phenoxy) is 1. The summed E-state index contributed by atoms with van der Waals surface area (Å²) < 4.78 is 32.5. The Morgan fingerprint density at radius 1 is 1.07 bits per heavy atom. The van der Waals surface area contributed by atoms with Gasteiger partial charge in [0.15, 0.2) is 11.6 Å². The minimum Gasteiger partial charge on any atom is -0.370 e. The molecule has 2 unspecified atom stereocenters. The van der Waals surface area contributed by atoms with Crippen LogP contribution in [0, 0.1) is 11.6 Å². The van der Waals surface area contributed by atoms with Gasteiger partial charge in [-0.1, -0.05) is 36.4 Å². The van der Waals surface area contributed by atoms with Crippen LogP contribution in [0.3, 0.4) is 0 Å². The van der Waals surface area contributed by atoms with Crippen LogP contribution in [0.2, 0.25) is 0 Å². The van der Waals surface area contributed by atoms with Gasteiger partial charge in [-0.2, -0.15) is 0 Å². The van der Waals surface area contributed by atoms with E-state index in [4.69, 9.17) is 4.74 Å². The molecule has 2 aromatic rings. The van der Waals surface area contributed by atoms with E-state index in [2.05, 4.69) is 17.0 Å². The van der Waals surface area contributed by atoms with Gasteiger partial charge in [-0.25, -0.2) is 8.78 Å². The van der Waals surface area contributed by atoms with E-state index in [0.29, 0.717) is 25.3 Å². The van der Waals surface area contributed by atoms with E-state index in [-0.39, 0.29) is 11.9 Å². The molecule has 6 heteroatoms. The number of nitrogens with zero attached hydrogens (tertiary/aromatic N) is 2. The first-order valence-electron chi connectivity index (χ1n) is 9.75. The lowest BCUT2D eigenvalue weighted by molar-refractivity contribution is -0.144. The maximum atomic E-state index is 13.6. The molecule has 148 valence electrons. The molecular weight excluding hydrogens is 362 g/mol. The number of amides is 1. The maximum Gasteiger partial charge on any atom is 0.240 e. The smallest absolute Gasteiger partial charge is 0.240 e. The second-order valence-corrected chi connectivity index (χ2v) is 7.43. The molecule has 2 aliphatic rings. The topological polar surface area (TPSA) is 32.8 Å². The number of carbonyl (C=O) groups is 1. The summed E-state index contributed by atoms with van der Waals surface area (Å²) in [6.07, 6.45) is 1.41. The van der Waals surface area contributed by atoms with Crippen molar-refractivity contribution in [2.75, 3.05) is 26.2 Å². The summed E-state index contributed by atoms with van der Waals surface area (Å²) in [7, 11) is 0. The summed E-state index contributed by atoms with van der Waals surface area (Å²) in [4.78, 5) is 17.2. The number of hydrogen-bond donors (Lipinski definition) is 0. The molecule has 0 bridgehead atoms. The number of hydrogen-bond acceptors (Lipinski definition) is 3. The Kier molecular flexibility index (Phi) is 5.69. The number of benzene rings is 2. The third-order valence-corrected chi connectivity index (χ3v) is 5.57. The molecule has 1 amide bonds. The first-order chi connectivity index (χ1) is 13.6. The lowest BCUT2D eigenvalue weighted by Crippen LogP contribution is -2.50. The highest BCUT2D eigenvalue weighted by atomic mass is 19.2. The molecule has 2 saturated heterocycles. The quantitative estimate of drug-likeness (QED) is 0.806. The third-order valence-electron chi connectivity index (χ3n) is 5.57. The number of rotatable bonds is 4. The zero-order valence-corrected chi connectivity index (χ0v) is 15.7. The third kappa shape index (κ3) is 4.08. The van der Waals surface area contributed by atoms with Gasteiger partial charge in [0, 0.05) is 13.1 Å². The molecular formula is C22H24F2N2O2. The molecule has 4 nitrogen and oxygen atoms in total. The van der Waals surface area contributed by atoms with Crippen molar-refractivity contribution in [2.24, 2.45) is 0 Å². The lowest BCUT2D eigenvalue weighted by Gasteiger charge is -2.36. The van der Waals surface area contributed by atoms with E-state index in [1.807, 2.05) is 23.1 Å². The van der Waals surface area contributed by atoms with Crippen LogP contribution in [0.5, 0.6) is 0 Å². The fraction of sp³-hybridized carbons (Fsp3) is 0.409. The van der Waals surface area contributed by atoms with Crippen molar-refractivity contribution in [2.45, 2.75) is 31.5 Å². The number of likely N-dealkylation sites (tertiary alicyclic amines) is 1. The average Bonchev–Trinajstić information content (AvgIpc) is 3.18. The maximum absolute atomic E-state index is 13.6. The Hall–Kier alpha value is -2.31. The Labute approximate surface area is 163 Å². The first kappa shape index (κ1) is 19.0. The predicted octanol–water partition coefficient (Wildman–Crippen LogP) is 3.53. The van der Waals surface area contributed by atoms with E-state index >= 15 is 0 Å². The van der Waals surface area contributed by atoms with Crippen LogP contribution in [0.25, 0.3) is 0 Å². The van der Waals surface area contributed by atoms with Gasteiger partial charge < -0.3 is 9.64 Å². The zero-order chi connectivity index (χ0) is 19.5. The van der Waals surface area contributed by atoms with Gasteiger partial charge in [0.05, 0.1) is 19.2 Å². The summed E-state index contributed by atoms with van der Waals surface area (Å²) in [5.41, 5.74) is 1.76. The van der Waals surface area contributed by atoms with Gasteiger partial charge in [0.25, 0.3) is 0 Å². The van der Waals surface area contributed by atoms with Crippen LogP contribution < -0.4 is 0 Å². The summed E-state index contributed by atoms with van der Waals surface area (Å²) in [6, 6.07) is 13.8. The van der Waals surface area contributed by atoms with E-state index < -0.39 is 17.7 Å². The monoisotopic (exact) mass is 386 g/mol. The molecule has 2 atom stereocenters. The SMILES string of the molecule is O=C(C1CCCN1Cc1ccccc1)N1CCOC(c2ccc(F)c(F)c2)C1. The van der Waals surface area contributed by atoms with Gasteiger partial charge in [-0.3, -0.25) is 9.69 Å². The van der Waals surface area contributed by atoms with Crippen molar-refractivity contribution in [1.82, 2.24) is 9.80 Å². The molecule has 0 N–H and O–H groups in total. The highest BCUT2D eigenvalue weighted by Crippen LogP contribution is 2.27. The summed E-state index contributed by atoms with van der Waals surface area (Å²) in [5, 5.41) is 0. The standard InChI is InChI=1S/C22H24F2N2O2/c23-18-9-8-17(13-19(18)24)21-15-26(11-12-28-21)22(27)20-7-4-10-25(20)14-16-5-2-1-3-6-16/h1-3,5-6,8-9,13,20-21H,4,7,10-12,14-15H2. The molecule has 2 aromatic carbocycles. The van der Waals surface area contributed by atoms with Gasteiger partial charge >= 0.3 is 0 Å². The zero-order valence-electron chi connectivity index (χ0n) is 15.7. The average molecular weight is 386 g/mol. The fourth-order valence-electron chi connectivity index (χ4n) is 4.09. The van der Waals surface area contributed by atoms with Crippen LogP contribution in [-0.4, -0.2) is 48.0 Å². The van der Waals surface area contributed by atoms with Crippen molar-refractivity contribution < 1.29 is 18.3 Å². The molecule has 4 rings (SSSR count). The lowest BCUT2D eigenvalue weighted by atomic mass is 10.1. The Morgan fingerprint density at radius 2 is 1.89 bits per heavy atom. The van der Waals surface area contributed by atoms with Crippen molar-refractivity contribution >= 4 is 5.91 Å². The number of morpholine rings is 1. The highest BCUT2D eigenvalue weighted by molar-refractivity contribution is 5.82. The second kappa shape index (κ2) is 8.37. The Bertz CT molecular complexity index is 831. The molecule has 2 fully saturated rings. The molecule has 0 aromatic heterocycles. The van der Waals surface area contributed by atoms with Gasteiger partial charge in [0.1, 0.15) is 6.10 Å². The summed E-state index contributed by atoms with van der Waals surface area (Å²) >= 11 is 0. The van der Waals surface area contributed by atoms with Crippen molar-refractivity contribution in [3.05, 3.63) is 71.3 Å². The fourth-order valence-corrected chi connectivity index (χ4v) is 4.09. The van der Waals surface area contributed by atoms with Crippen molar-refractivity contribution in [3.8, 4) is 0 Å². The van der Waals surface area contributed by atoms with E-state index in [0.717, 1.165) is 38.1 Å². The molecule has 0 radical (unpaired) electrons. The first-order valence-corrected chi connectivity index (χ1v) is 9.75. The van der Waals surface area contributed by atoms with Gasteiger partial charge in [0.2, 0.25) is 5.91 Å². The van der Waals surface area contributed by atoms with Crippen molar-refractivity contribution in [3.63, 3.8) is 0 Å². The normalized spacial score (nSPS) is 23.1. The van der Waals surface area contributed by atoms with Gasteiger partial charge in [-0.15, -0.1) is 0 Å². The molecule has 2 heterocycles. The molecule has 28 heavy (non-hydrogen) atoms. The highest BCUT2D eigenvalue weighted by Gasteiger charge is 2.36. The van der Waals surface area contributed by atoms with Crippen LogP contribution in [0.4, 0.5) is 8.78 Å². The number of halogens is 2. The van der Waals surface area contributed by atoms with Crippen LogP contribution in [0.15, 0.2) is 48.5 Å². The van der Waals surface area contributed by atoms with Crippen LogP contribution in [-0.2, 0) is 16.1 Å². The van der Waals surface area contributed by atoms with Crippen LogP contribution in [0.1, 0.15) is 30.1 Å². The minimum absolute atomic E-state index is 0.101.